The molecule has 0 radical (unpaired) electrons. The van der Waals surface area contributed by atoms with Crippen LogP contribution in [0.15, 0.2) is 0 Å². The highest BCUT2D eigenvalue weighted by molar-refractivity contribution is 6.01. The van der Waals surface area contributed by atoms with Crippen molar-refractivity contribution >= 4 is 11.9 Å². The predicted molar refractivity (Wildman–Crippen MR) is 71.9 cm³/mol. The van der Waals surface area contributed by atoms with E-state index in [1.807, 2.05) is 6.92 Å². The van der Waals surface area contributed by atoms with E-state index in [0.717, 1.165) is 25.7 Å². The molecule has 0 bridgehead atoms. The number of hydrogen-bond acceptors (Lipinski definition) is 5. The molecule has 1 saturated heterocycles. The first-order valence-corrected chi connectivity index (χ1v) is 7.37. The smallest absolute Gasteiger partial charge is 0.326 e. The zero-order valence-electron chi connectivity index (χ0n) is 12.5. The van der Waals surface area contributed by atoms with Crippen molar-refractivity contribution in [2.75, 3.05) is 20.8 Å². The van der Waals surface area contributed by atoms with Crippen molar-refractivity contribution in [3.05, 3.63) is 0 Å². The first kappa shape index (κ1) is 15.3. The highest BCUT2D eigenvalue weighted by Crippen LogP contribution is 2.48. The van der Waals surface area contributed by atoms with Gasteiger partial charge in [0.15, 0.2) is 5.41 Å². The summed E-state index contributed by atoms with van der Waals surface area (Å²) in [5.41, 5.74) is -1.30. The fourth-order valence-corrected chi connectivity index (χ4v) is 3.79. The molecule has 5 nitrogen and oxygen atoms in total. The van der Waals surface area contributed by atoms with Crippen molar-refractivity contribution in [2.45, 2.75) is 45.1 Å². The minimum Gasteiger partial charge on any atom is -0.468 e. The van der Waals surface area contributed by atoms with Crippen LogP contribution < -0.4 is 0 Å². The number of carbonyl (C=O) groups is 2. The summed E-state index contributed by atoms with van der Waals surface area (Å²) < 4.78 is 15.7. The lowest BCUT2D eigenvalue weighted by atomic mass is 9.67. The Morgan fingerprint density at radius 1 is 1.05 bits per heavy atom. The Morgan fingerprint density at radius 2 is 1.60 bits per heavy atom. The van der Waals surface area contributed by atoms with Crippen molar-refractivity contribution in [1.82, 2.24) is 0 Å². The van der Waals surface area contributed by atoms with E-state index in [9.17, 15) is 9.59 Å². The Balaban J connectivity index is 2.37. The van der Waals surface area contributed by atoms with Gasteiger partial charge >= 0.3 is 11.9 Å². The van der Waals surface area contributed by atoms with Gasteiger partial charge in [0.25, 0.3) is 0 Å². The number of ether oxygens (including phenoxy) is 3. The van der Waals surface area contributed by atoms with Crippen LogP contribution in [0.2, 0.25) is 0 Å². The quantitative estimate of drug-likeness (QED) is 0.585. The molecule has 1 saturated carbocycles. The highest BCUT2D eigenvalue weighted by atomic mass is 16.6. The van der Waals surface area contributed by atoms with Gasteiger partial charge < -0.3 is 14.2 Å². The molecule has 2 atom stereocenters. The van der Waals surface area contributed by atoms with Crippen molar-refractivity contribution in [3.63, 3.8) is 0 Å². The molecule has 114 valence electrons. The van der Waals surface area contributed by atoms with Gasteiger partial charge in [0, 0.05) is 5.92 Å². The van der Waals surface area contributed by atoms with E-state index in [4.69, 9.17) is 14.2 Å². The van der Waals surface area contributed by atoms with Crippen LogP contribution in [0, 0.1) is 17.3 Å². The Hall–Kier alpha value is -1.10. The summed E-state index contributed by atoms with van der Waals surface area (Å²) in [6.07, 6.45) is 5.02. The number of hydrogen-bond donors (Lipinski definition) is 0. The normalized spacial score (nSPS) is 29.9. The summed E-state index contributed by atoms with van der Waals surface area (Å²) in [4.78, 5) is 24.8. The summed E-state index contributed by atoms with van der Waals surface area (Å²) in [7, 11) is 2.63. The van der Waals surface area contributed by atoms with Crippen LogP contribution in [0.25, 0.3) is 0 Å². The van der Waals surface area contributed by atoms with E-state index < -0.39 is 23.5 Å². The monoisotopic (exact) mass is 284 g/mol. The number of carbonyl (C=O) groups excluding carboxylic acids is 2. The molecule has 5 heteroatoms. The molecule has 0 aromatic carbocycles. The largest absolute Gasteiger partial charge is 0.468 e. The fourth-order valence-electron chi connectivity index (χ4n) is 3.79. The molecule has 0 aromatic rings. The van der Waals surface area contributed by atoms with E-state index in [2.05, 4.69) is 0 Å². The molecule has 0 unspecified atom stereocenters. The van der Waals surface area contributed by atoms with Crippen LogP contribution >= 0.6 is 0 Å². The molecular weight excluding hydrogens is 260 g/mol. The van der Waals surface area contributed by atoms with E-state index in [0.29, 0.717) is 6.61 Å². The van der Waals surface area contributed by atoms with Crippen LogP contribution in [0.1, 0.15) is 39.0 Å². The highest BCUT2D eigenvalue weighted by Gasteiger charge is 2.64. The first-order chi connectivity index (χ1) is 9.58. The second-order valence-electron chi connectivity index (χ2n) is 5.91. The molecule has 0 N–H and O–H groups in total. The third-order valence-corrected chi connectivity index (χ3v) is 4.88. The molecular formula is C15H24O5. The third-order valence-electron chi connectivity index (χ3n) is 4.88. The van der Waals surface area contributed by atoms with Crippen LogP contribution in [-0.2, 0) is 23.8 Å². The lowest BCUT2D eigenvalue weighted by molar-refractivity contribution is -0.178. The lowest BCUT2D eigenvalue weighted by Crippen LogP contribution is -2.53. The molecule has 0 amide bonds. The number of methoxy groups -OCH3 is 2. The summed E-state index contributed by atoms with van der Waals surface area (Å²) in [6.45, 7) is 2.25. The maximum atomic E-state index is 12.4. The minimum atomic E-state index is -1.30. The van der Waals surface area contributed by atoms with Gasteiger partial charge in [-0.15, -0.1) is 0 Å². The minimum absolute atomic E-state index is 0.227. The van der Waals surface area contributed by atoms with Gasteiger partial charge in [-0.3, -0.25) is 9.59 Å². The topological polar surface area (TPSA) is 61.8 Å². The zero-order chi connectivity index (χ0) is 14.8. The second-order valence-corrected chi connectivity index (χ2v) is 5.91. The van der Waals surface area contributed by atoms with E-state index in [-0.39, 0.29) is 11.8 Å². The molecule has 2 fully saturated rings. The maximum Gasteiger partial charge on any atom is 0.326 e. The zero-order valence-corrected chi connectivity index (χ0v) is 12.5. The molecule has 1 heterocycles. The summed E-state index contributed by atoms with van der Waals surface area (Å²) in [5.74, 6) is -1.05. The molecule has 2 aliphatic rings. The van der Waals surface area contributed by atoms with Gasteiger partial charge in [-0.25, -0.2) is 0 Å². The van der Waals surface area contributed by atoms with E-state index >= 15 is 0 Å². The summed E-state index contributed by atoms with van der Waals surface area (Å²) >= 11 is 0. The van der Waals surface area contributed by atoms with Crippen molar-refractivity contribution in [3.8, 4) is 0 Å². The fraction of sp³-hybridized carbons (Fsp3) is 0.867. The van der Waals surface area contributed by atoms with Crippen LogP contribution in [0.5, 0.6) is 0 Å². The Morgan fingerprint density at radius 3 is 2.10 bits per heavy atom. The SMILES string of the molecule is COC(=O)C1(C(=O)OC)[C@H](C)CO[C@H]1C1CCCCC1. The molecule has 2 rings (SSSR count). The second kappa shape index (κ2) is 6.12. The number of esters is 2. The van der Waals surface area contributed by atoms with Gasteiger partial charge in [0.05, 0.1) is 26.9 Å². The van der Waals surface area contributed by atoms with Crippen LogP contribution in [-0.4, -0.2) is 38.9 Å². The summed E-state index contributed by atoms with van der Waals surface area (Å²) in [5, 5.41) is 0. The van der Waals surface area contributed by atoms with Crippen molar-refractivity contribution in [2.24, 2.45) is 17.3 Å². The molecule has 20 heavy (non-hydrogen) atoms. The Bertz CT molecular complexity index is 356. The lowest BCUT2D eigenvalue weighted by Gasteiger charge is -2.37. The Labute approximate surface area is 120 Å². The van der Waals surface area contributed by atoms with Gasteiger partial charge in [0.2, 0.25) is 0 Å². The number of rotatable bonds is 3. The molecule has 1 aliphatic heterocycles. The van der Waals surface area contributed by atoms with E-state index in [1.165, 1.54) is 20.6 Å². The molecule has 1 aliphatic carbocycles. The first-order valence-electron chi connectivity index (χ1n) is 7.37. The van der Waals surface area contributed by atoms with Crippen LogP contribution in [0.3, 0.4) is 0 Å². The Kier molecular flexibility index (Phi) is 4.68. The molecule has 0 spiro atoms. The van der Waals surface area contributed by atoms with Gasteiger partial charge in [-0.05, 0) is 18.8 Å². The average molecular weight is 284 g/mol. The van der Waals surface area contributed by atoms with E-state index in [1.54, 1.807) is 0 Å². The standard InChI is InChI=1S/C15H24O5/c1-10-9-20-12(11-7-5-4-6-8-11)15(10,13(16)18-2)14(17)19-3/h10-12H,4-9H2,1-3H3/t10-,12+/m1/s1. The average Bonchev–Trinajstić information content (AvgIpc) is 2.84. The predicted octanol–water partition coefficient (Wildman–Crippen LogP) is 1.93. The van der Waals surface area contributed by atoms with Gasteiger partial charge in [-0.2, -0.15) is 0 Å². The van der Waals surface area contributed by atoms with Crippen molar-refractivity contribution < 1.29 is 23.8 Å². The maximum absolute atomic E-state index is 12.4. The summed E-state index contributed by atoms with van der Waals surface area (Å²) in [6, 6.07) is 0. The van der Waals surface area contributed by atoms with Gasteiger partial charge in [-0.1, -0.05) is 26.2 Å². The van der Waals surface area contributed by atoms with Crippen LogP contribution in [0.4, 0.5) is 0 Å². The van der Waals surface area contributed by atoms with Crippen molar-refractivity contribution in [1.29, 1.82) is 0 Å². The third kappa shape index (κ3) is 2.22. The van der Waals surface area contributed by atoms with Gasteiger partial charge in [0.1, 0.15) is 0 Å². The molecule has 0 aromatic heterocycles.